The second-order valence-corrected chi connectivity index (χ2v) is 7.77. The second-order valence-electron chi connectivity index (χ2n) is 7.77. The van der Waals surface area contributed by atoms with Gasteiger partial charge in [0.2, 0.25) is 0 Å². The highest BCUT2D eigenvalue weighted by molar-refractivity contribution is 5.82. The predicted molar refractivity (Wildman–Crippen MR) is 129 cm³/mol. The van der Waals surface area contributed by atoms with Crippen LogP contribution in [-0.4, -0.2) is 25.5 Å². The van der Waals surface area contributed by atoms with E-state index in [0.29, 0.717) is 0 Å². The Bertz CT molecular complexity index is 1010. The lowest BCUT2D eigenvalue weighted by atomic mass is 9.94. The number of likely N-dealkylation sites (N-methyl/N-ethyl adjacent to an activating group) is 1. The first-order valence-corrected chi connectivity index (χ1v) is 10.4. The molecule has 0 saturated heterocycles. The minimum atomic E-state index is 0.899. The molecule has 0 aromatic heterocycles. The highest BCUT2D eigenvalue weighted by atomic mass is 15.0. The Labute approximate surface area is 179 Å². The molecular weight excluding hydrogens is 362 g/mol. The standard InChI is InChI=1S/C29H27N/c1-30(2)22-21-29(27-17-13-25(14-18-27)23-9-5-3-6-10-23)28-19-15-26(16-20-28)24-11-7-4-8-12-24/h3-21H,22H2,1-2H3. The zero-order valence-electron chi connectivity index (χ0n) is 17.6. The zero-order chi connectivity index (χ0) is 20.8. The van der Waals surface area contributed by atoms with Crippen molar-refractivity contribution < 1.29 is 0 Å². The molecule has 1 nitrogen and oxygen atoms in total. The topological polar surface area (TPSA) is 3.24 Å². The van der Waals surface area contributed by atoms with Crippen molar-refractivity contribution in [2.45, 2.75) is 0 Å². The summed E-state index contributed by atoms with van der Waals surface area (Å²) in [6, 6.07) is 38.8. The van der Waals surface area contributed by atoms with Gasteiger partial charge in [-0.15, -0.1) is 0 Å². The number of benzene rings is 4. The normalized spacial score (nSPS) is 10.8. The third kappa shape index (κ3) is 4.76. The third-order valence-electron chi connectivity index (χ3n) is 5.27. The molecule has 4 aromatic carbocycles. The fourth-order valence-electron chi connectivity index (χ4n) is 3.62. The van der Waals surface area contributed by atoms with Crippen molar-refractivity contribution in [1.82, 2.24) is 4.90 Å². The molecule has 30 heavy (non-hydrogen) atoms. The quantitative estimate of drug-likeness (QED) is 0.343. The highest BCUT2D eigenvalue weighted by Crippen LogP contribution is 2.28. The minimum absolute atomic E-state index is 0.899. The minimum Gasteiger partial charge on any atom is -0.306 e. The lowest BCUT2D eigenvalue weighted by Gasteiger charge is -2.13. The Kier molecular flexibility index (Phi) is 6.22. The zero-order valence-corrected chi connectivity index (χ0v) is 17.6. The van der Waals surface area contributed by atoms with Gasteiger partial charge in [-0.3, -0.25) is 0 Å². The van der Waals surface area contributed by atoms with Gasteiger partial charge in [-0.2, -0.15) is 0 Å². The van der Waals surface area contributed by atoms with Crippen molar-refractivity contribution >= 4 is 5.57 Å². The summed E-state index contributed by atoms with van der Waals surface area (Å²) in [5.74, 6) is 0. The molecule has 0 fully saturated rings. The maximum absolute atomic E-state index is 2.31. The molecule has 0 amide bonds. The number of hydrogen-bond acceptors (Lipinski definition) is 1. The molecule has 0 heterocycles. The SMILES string of the molecule is CN(C)CC=C(c1ccc(-c2ccccc2)cc1)c1ccc(-c2ccccc2)cc1. The average molecular weight is 390 g/mol. The monoisotopic (exact) mass is 389 g/mol. The Balaban J connectivity index is 1.66. The first kappa shape index (κ1) is 19.9. The van der Waals surface area contributed by atoms with E-state index in [1.165, 1.54) is 39.0 Å². The molecule has 0 radical (unpaired) electrons. The smallest absolute Gasteiger partial charge is 0.0166 e. The van der Waals surface area contributed by atoms with Crippen LogP contribution < -0.4 is 0 Å². The van der Waals surface area contributed by atoms with Gasteiger partial charge in [0.25, 0.3) is 0 Å². The Hall–Kier alpha value is -3.42. The van der Waals surface area contributed by atoms with Crippen molar-refractivity contribution in [1.29, 1.82) is 0 Å². The maximum Gasteiger partial charge on any atom is 0.0166 e. The van der Waals surface area contributed by atoms with Gasteiger partial charge in [-0.1, -0.05) is 115 Å². The summed E-state index contributed by atoms with van der Waals surface area (Å²) in [6.07, 6.45) is 2.31. The molecule has 148 valence electrons. The number of hydrogen-bond donors (Lipinski definition) is 0. The summed E-state index contributed by atoms with van der Waals surface area (Å²) in [4.78, 5) is 2.19. The largest absolute Gasteiger partial charge is 0.306 e. The van der Waals surface area contributed by atoms with Crippen molar-refractivity contribution in [2.24, 2.45) is 0 Å². The Morgan fingerprint density at radius 2 is 0.900 bits per heavy atom. The average Bonchev–Trinajstić information content (AvgIpc) is 2.81. The van der Waals surface area contributed by atoms with Crippen LogP contribution in [0.15, 0.2) is 115 Å². The lowest BCUT2D eigenvalue weighted by Crippen LogP contribution is -2.11. The van der Waals surface area contributed by atoms with Crippen LogP contribution in [0.4, 0.5) is 0 Å². The first-order chi connectivity index (χ1) is 14.7. The van der Waals surface area contributed by atoms with Crippen molar-refractivity contribution in [3.63, 3.8) is 0 Å². The third-order valence-corrected chi connectivity index (χ3v) is 5.27. The van der Waals surface area contributed by atoms with Gasteiger partial charge in [0.05, 0.1) is 0 Å². The molecule has 4 rings (SSSR count). The molecule has 1 heteroatoms. The lowest BCUT2D eigenvalue weighted by molar-refractivity contribution is 0.457. The summed E-state index contributed by atoms with van der Waals surface area (Å²) in [5, 5.41) is 0. The van der Waals surface area contributed by atoms with E-state index in [1.54, 1.807) is 0 Å². The fraction of sp³-hybridized carbons (Fsp3) is 0.103. The molecule has 0 unspecified atom stereocenters. The summed E-state index contributed by atoms with van der Waals surface area (Å²) in [6.45, 7) is 0.899. The van der Waals surface area contributed by atoms with E-state index in [9.17, 15) is 0 Å². The van der Waals surface area contributed by atoms with Crippen LogP contribution in [0.5, 0.6) is 0 Å². The van der Waals surface area contributed by atoms with E-state index in [4.69, 9.17) is 0 Å². The van der Waals surface area contributed by atoms with E-state index >= 15 is 0 Å². The van der Waals surface area contributed by atoms with E-state index in [0.717, 1.165) is 6.54 Å². The molecule has 0 aliphatic heterocycles. The maximum atomic E-state index is 2.31. The predicted octanol–water partition coefficient (Wildman–Crippen LogP) is 7.01. The van der Waals surface area contributed by atoms with Gasteiger partial charge in [0, 0.05) is 6.54 Å². The summed E-state index contributed by atoms with van der Waals surface area (Å²) >= 11 is 0. The van der Waals surface area contributed by atoms with Crippen molar-refractivity contribution in [2.75, 3.05) is 20.6 Å². The van der Waals surface area contributed by atoms with Crippen LogP contribution in [0, 0.1) is 0 Å². The van der Waals surface area contributed by atoms with Crippen LogP contribution in [0.2, 0.25) is 0 Å². The molecule has 0 aliphatic rings. The molecule has 0 atom stereocenters. The Morgan fingerprint density at radius 1 is 0.533 bits per heavy atom. The molecule has 4 aromatic rings. The van der Waals surface area contributed by atoms with Gasteiger partial charge in [-0.25, -0.2) is 0 Å². The first-order valence-electron chi connectivity index (χ1n) is 10.4. The second kappa shape index (κ2) is 9.39. The fourth-order valence-corrected chi connectivity index (χ4v) is 3.62. The van der Waals surface area contributed by atoms with Crippen LogP contribution in [0.25, 0.3) is 27.8 Å². The summed E-state index contributed by atoms with van der Waals surface area (Å²) in [5.41, 5.74) is 8.72. The number of rotatable bonds is 6. The van der Waals surface area contributed by atoms with Crippen molar-refractivity contribution in [3.05, 3.63) is 126 Å². The van der Waals surface area contributed by atoms with E-state index in [2.05, 4.69) is 134 Å². The van der Waals surface area contributed by atoms with Crippen LogP contribution in [0.1, 0.15) is 11.1 Å². The van der Waals surface area contributed by atoms with Gasteiger partial charge in [0.15, 0.2) is 0 Å². The molecule has 0 spiro atoms. The van der Waals surface area contributed by atoms with E-state index in [1.807, 2.05) is 0 Å². The van der Waals surface area contributed by atoms with E-state index in [-0.39, 0.29) is 0 Å². The van der Waals surface area contributed by atoms with Gasteiger partial charge in [-0.05, 0) is 53.0 Å². The van der Waals surface area contributed by atoms with Gasteiger partial charge >= 0.3 is 0 Å². The summed E-state index contributed by atoms with van der Waals surface area (Å²) in [7, 11) is 4.20. The van der Waals surface area contributed by atoms with Gasteiger partial charge < -0.3 is 4.90 Å². The van der Waals surface area contributed by atoms with Crippen LogP contribution in [0.3, 0.4) is 0 Å². The van der Waals surface area contributed by atoms with Crippen LogP contribution in [-0.2, 0) is 0 Å². The molecule has 0 aliphatic carbocycles. The summed E-state index contributed by atoms with van der Waals surface area (Å²) < 4.78 is 0. The molecule has 0 saturated carbocycles. The highest BCUT2D eigenvalue weighted by Gasteiger charge is 2.07. The number of nitrogens with zero attached hydrogens (tertiary/aromatic N) is 1. The van der Waals surface area contributed by atoms with Crippen molar-refractivity contribution in [3.8, 4) is 22.3 Å². The van der Waals surface area contributed by atoms with E-state index < -0.39 is 0 Å². The van der Waals surface area contributed by atoms with Crippen LogP contribution >= 0.6 is 0 Å². The Morgan fingerprint density at radius 3 is 1.27 bits per heavy atom. The molecule has 0 N–H and O–H groups in total. The molecular formula is C29H27N. The van der Waals surface area contributed by atoms with Gasteiger partial charge in [0.1, 0.15) is 0 Å². The molecule has 0 bridgehead atoms.